The predicted octanol–water partition coefficient (Wildman–Crippen LogP) is 2.81. The number of nitrogens with zero attached hydrogens (tertiary/aromatic N) is 3. The van der Waals surface area contributed by atoms with Crippen LogP contribution in [0, 0.1) is 6.92 Å². The number of Topliss-reactive ketones (excluding diaryl/α,β-unsaturated/α-hetero) is 1. The average Bonchev–Trinajstić information content (AvgIpc) is 2.88. The zero-order valence-corrected chi connectivity index (χ0v) is 13.3. The monoisotopic (exact) mass is 295 g/mol. The molecule has 2 aromatic rings. The number of ketones is 1. The summed E-state index contributed by atoms with van der Waals surface area (Å²) in [5.74, 6) is 0.0672. The van der Waals surface area contributed by atoms with Gasteiger partial charge in [-0.15, -0.1) is 0 Å². The molecule has 1 aromatic heterocycles. The van der Waals surface area contributed by atoms with Crippen molar-refractivity contribution in [2.75, 3.05) is 14.1 Å². The van der Waals surface area contributed by atoms with Crippen molar-refractivity contribution >= 4 is 5.78 Å². The molecule has 0 saturated heterocycles. The van der Waals surface area contributed by atoms with Gasteiger partial charge in [-0.25, -0.2) is 0 Å². The molecular formula is C18H21N3O. The van der Waals surface area contributed by atoms with E-state index in [4.69, 9.17) is 0 Å². The Balaban J connectivity index is 1.84. The number of hydrogen-bond donors (Lipinski definition) is 0. The Labute approximate surface area is 131 Å². The topological polar surface area (TPSA) is 38.1 Å². The molecule has 114 valence electrons. The smallest absolute Gasteiger partial charge is 0.210 e. The van der Waals surface area contributed by atoms with Crippen molar-refractivity contribution < 1.29 is 4.79 Å². The highest BCUT2D eigenvalue weighted by Crippen LogP contribution is 2.24. The summed E-state index contributed by atoms with van der Waals surface area (Å²) in [6.07, 6.45) is 5.60. The van der Waals surface area contributed by atoms with E-state index in [1.807, 2.05) is 36.1 Å². The SMILES string of the molecule is Cc1ccc(Cn2cc3c(n2)C(=O)/C(=C\N(C)C)CC3)cc1. The summed E-state index contributed by atoms with van der Waals surface area (Å²) in [7, 11) is 3.87. The van der Waals surface area contributed by atoms with Crippen molar-refractivity contribution in [3.8, 4) is 0 Å². The molecule has 0 spiro atoms. The summed E-state index contributed by atoms with van der Waals surface area (Å²) in [6, 6.07) is 8.41. The molecule has 4 heteroatoms. The van der Waals surface area contributed by atoms with Gasteiger partial charge in [0.15, 0.2) is 0 Å². The molecule has 0 N–H and O–H groups in total. The molecule has 1 aliphatic carbocycles. The quantitative estimate of drug-likeness (QED) is 0.817. The first-order valence-corrected chi connectivity index (χ1v) is 7.56. The molecule has 1 aliphatic rings. The van der Waals surface area contributed by atoms with Crippen LogP contribution in [0.1, 0.15) is 33.6 Å². The minimum Gasteiger partial charge on any atom is -0.383 e. The van der Waals surface area contributed by atoms with Gasteiger partial charge in [-0.3, -0.25) is 9.48 Å². The van der Waals surface area contributed by atoms with Crippen LogP contribution in [0.15, 0.2) is 42.2 Å². The van der Waals surface area contributed by atoms with E-state index in [9.17, 15) is 4.79 Å². The maximum Gasteiger partial charge on any atom is 0.210 e. The van der Waals surface area contributed by atoms with Crippen LogP contribution in [0.3, 0.4) is 0 Å². The first kappa shape index (κ1) is 14.6. The lowest BCUT2D eigenvalue weighted by atomic mass is 9.93. The molecule has 0 fully saturated rings. The highest BCUT2D eigenvalue weighted by molar-refractivity contribution is 6.09. The largest absolute Gasteiger partial charge is 0.383 e. The number of rotatable bonds is 3. The molecule has 22 heavy (non-hydrogen) atoms. The molecule has 0 unspecified atom stereocenters. The van der Waals surface area contributed by atoms with Crippen molar-refractivity contribution in [1.29, 1.82) is 0 Å². The van der Waals surface area contributed by atoms with Crippen molar-refractivity contribution in [2.45, 2.75) is 26.3 Å². The lowest BCUT2D eigenvalue weighted by molar-refractivity contribution is 0.101. The minimum atomic E-state index is 0.0672. The van der Waals surface area contributed by atoms with Crippen molar-refractivity contribution in [1.82, 2.24) is 14.7 Å². The lowest BCUT2D eigenvalue weighted by Gasteiger charge is -2.14. The summed E-state index contributed by atoms with van der Waals surface area (Å²) in [6.45, 7) is 2.78. The number of aryl methyl sites for hydroxylation is 2. The lowest BCUT2D eigenvalue weighted by Crippen LogP contribution is -2.16. The van der Waals surface area contributed by atoms with E-state index in [1.54, 1.807) is 0 Å². The Bertz CT molecular complexity index is 723. The van der Waals surface area contributed by atoms with Crippen LogP contribution in [0.2, 0.25) is 0 Å². The van der Waals surface area contributed by atoms with Crippen molar-refractivity contribution in [3.05, 3.63) is 64.6 Å². The van der Waals surface area contributed by atoms with E-state index < -0.39 is 0 Å². The van der Waals surface area contributed by atoms with Gasteiger partial charge in [0.05, 0.1) is 6.54 Å². The Kier molecular flexibility index (Phi) is 3.84. The number of hydrogen-bond acceptors (Lipinski definition) is 3. The fraction of sp³-hybridized carbons (Fsp3) is 0.333. The van der Waals surface area contributed by atoms with E-state index in [1.165, 1.54) is 11.1 Å². The van der Waals surface area contributed by atoms with E-state index in [0.29, 0.717) is 12.2 Å². The van der Waals surface area contributed by atoms with Crippen LogP contribution in [0.25, 0.3) is 0 Å². The number of carbonyl (C=O) groups is 1. The maximum absolute atomic E-state index is 12.5. The van der Waals surface area contributed by atoms with Gasteiger partial charge in [-0.2, -0.15) is 5.10 Å². The third kappa shape index (κ3) is 2.96. The van der Waals surface area contributed by atoms with Crippen LogP contribution in [0.4, 0.5) is 0 Å². The Morgan fingerprint density at radius 1 is 1.23 bits per heavy atom. The minimum absolute atomic E-state index is 0.0672. The third-order valence-corrected chi connectivity index (χ3v) is 3.89. The normalized spacial score (nSPS) is 16.0. The van der Waals surface area contributed by atoms with Gasteiger partial charge in [-0.1, -0.05) is 29.8 Å². The standard InChI is InChI=1S/C18H21N3O/c1-13-4-6-14(7-5-13)10-21-12-15-8-9-16(11-20(2)3)18(22)17(15)19-21/h4-7,11-12H,8-10H2,1-3H3/b16-11-. The Morgan fingerprint density at radius 3 is 2.64 bits per heavy atom. The highest BCUT2D eigenvalue weighted by Gasteiger charge is 2.25. The second kappa shape index (κ2) is 5.79. The molecule has 1 heterocycles. The van der Waals surface area contributed by atoms with Crippen LogP contribution in [-0.4, -0.2) is 34.6 Å². The average molecular weight is 295 g/mol. The Hall–Kier alpha value is -2.36. The fourth-order valence-electron chi connectivity index (χ4n) is 2.77. The molecule has 0 amide bonds. The van der Waals surface area contributed by atoms with Crippen LogP contribution >= 0.6 is 0 Å². The first-order valence-electron chi connectivity index (χ1n) is 7.56. The second-order valence-corrected chi connectivity index (χ2v) is 6.13. The summed E-state index contributed by atoms with van der Waals surface area (Å²) < 4.78 is 1.88. The summed E-state index contributed by atoms with van der Waals surface area (Å²) in [5, 5.41) is 4.51. The van der Waals surface area contributed by atoms with Crippen molar-refractivity contribution in [2.24, 2.45) is 0 Å². The third-order valence-electron chi connectivity index (χ3n) is 3.89. The van der Waals surface area contributed by atoms with Gasteiger partial charge < -0.3 is 4.90 Å². The fourth-order valence-corrected chi connectivity index (χ4v) is 2.77. The zero-order chi connectivity index (χ0) is 15.7. The van der Waals surface area contributed by atoms with E-state index >= 15 is 0 Å². The molecule has 4 nitrogen and oxygen atoms in total. The highest BCUT2D eigenvalue weighted by atomic mass is 16.1. The molecule has 0 atom stereocenters. The molecule has 3 rings (SSSR count). The van der Waals surface area contributed by atoms with Gasteiger partial charge in [0.25, 0.3) is 0 Å². The maximum atomic E-state index is 12.5. The molecule has 0 aliphatic heterocycles. The van der Waals surface area contributed by atoms with Gasteiger partial charge in [0.2, 0.25) is 5.78 Å². The number of allylic oxidation sites excluding steroid dienone is 1. The van der Waals surface area contributed by atoms with E-state index in [2.05, 4.69) is 36.3 Å². The van der Waals surface area contributed by atoms with E-state index in [0.717, 1.165) is 24.0 Å². The van der Waals surface area contributed by atoms with Crippen LogP contribution in [-0.2, 0) is 13.0 Å². The number of aromatic nitrogens is 2. The number of fused-ring (bicyclic) bond motifs is 1. The summed E-state index contributed by atoms with van der Waals surface area (Å²) in [5.41, 5.74) is 4.97. The van der Waals surface area contributed by atoms with Crippen LogP contribution in [0.5, 0.6) is 0 Å². The zero-order valence-electron chi connectivity index (χ0n) is 13.3. The Morgan fingerprint density at radius 2 is 1.95 bits per heavy atom. The van der Waals surface area contributed by atoms with Gasteiger partial charge >= 0.3 is 0 Å². The molecule has 0 saturated carbocycles. The van der Waals surface area contributed by atoms with Crippen LogP contribution < -0.4 is 0 Å². The first-order chi connectivity index (χ1) is 10.5. The molecular weight excluding hydrogens is 274 g/mol. The second-order valence-electron chi connectivity index (χ2n) is 6.13. The summed E-state index contributed by atoms with van der Waals surface area (Å²) >= 11 is 0. The predicted molar refractivity (Wildman–Crippen MR) is 86.9 cm³/mol. The molecule has 1 aromatic carbocycles. The molecule has 0 bridgehead atoms. The van der Waals surface area contributed by atoms with Gasteiger partial charge in [0.1, 0.15) is 5.69 Å². The summed E-state index contributed by atoms with van der Waals surface area (Å²) in [4.78, 5) is 14.4. The number of carbonyl (C=O) groups excluding carboxylic acids is 1. The van der Waals surface area contributed by atoms with Crippen molar-refractivity contribution in [3.63, 3.8) is 0 Å². The van der Waals surface area contributed by atoms with Gasteiger partial charge in [0, 0.05) is 37.6 Å². The van der Waals surface area contributed by atoms with E-state index in [-0.39, 0.29) is 5.78 Å². The number of benzene rings is 1. The molecule has 0 radical (unpaired) electrons. The van der Waals surface area contributed by atoms with Gasteiger partial charge in [-0.05, 0) is 25.3 Å².